The highest BCUT2D eigenvalue weighted by Crippen LogP contribution is 2.33. The first-order valence-electron chi connectivity index (χ1n) is 9.85. The molecule has 1 N–H and O–H groups in total. The summed E-state index contributed by atoms with van der Waals surface area (Å²) in [7, 11) is -4.18. The van der Waals surface area contributed by atoms with Crippen molar-refractivity contribution in [2.24, 2.45) is 0 Å². The largest absolute Gasteiger partial charge is 0.419 e. The number of hydrogen-bond donors (Lipinski definition) is 1. The van der Waals surface area contributed by atoms with Crippen LogP contribution in [-0.2, 0) is 27.5 Å². The number of aryl methyl sites for hydroxylation is 1. The van der Waals surface area contributed by atoms with Crippen LogP contribution in [0.4, 0.5) is 23.2 Å². The predicted molar refractivity (Wildman–Crippen MR) is 120 cm³/mol. The number of rotatable bonds is 7. The lowest BCUT2D eigenvalue weighted by atomic mass is 10.2. The highest BCUT2D eigenvalue weighted by atomic mass is 35.5. The predicted octanol–water partition coefficient (Wildman–Crippen LogP) is 5.64. The molecule has 34 heavy (non-hydrogen) atoms. The molecule has 3 aromatic carbocycles. The second kappa shape index (κ2) is 10.1. The van der Waals surface area contributed by atoms with Gasteiger partial charge in [0.15, 0.2) is 0 Å². The Hall–Kier alpha value is -2.95. The third-order valence-corrected chi connectivity index (χ3v) is 7.01. The molecule has 0 unspecified atom stereocenters. The van der Waals surface area contributed by atoms with Crippen LogP contribution in [0.2, 0.25) is 5.02 Å². The molecule has 3 rings (SSSR count). The van der Waals surface area contributed by atoms with Gasteiger partial charge in [0.25, 0.3) is 0 Å². The number of carbonyl (C=O) groups is 1. The first-order chi connectivity index (χ1) is 15.9. The van der Waals surface area contributed by atoms with Crippen molar-refractivity contribution in [3.63, 3.8) is 0 Å². The number of nitrogens with one attached hydrogen (secondary N) is 1. The summed E-state index contributed by atoms with van der Waals surface area (Å²) >= 11 is 6.16. The van der Waals surface area contributed by atoms with E-state index in [-0.39, 0.29) is 22.2 Å². The monoisotopic (exact) mass is 514 g/mol. The molecule has 0 saturated heterocycles. The Labute approximate surface area is 199 Å². The van der Waals surface area contributed by atoms with Crippen LogP contribution in [-0.4, -0.2) is 25.2 Å². The maximum Gasteiger partial charge on any atom is 0.419 e. The van der Waals surface area contributed by atoms with Gasteiger partial charge >= 0.3 is 6.18 Å². The van der Waals surface area contributed by atoms with Gasteiger partial charge in [-0.2, -0.15) is 17.5 Å². The number of nitrogens with zero attached hydrogens (tertiary/aromatic N) is 1. The fraction of sp³-hybridized carbons (Fsp3) is 0.174. The number of alkyl halides is 3. The van der Waals surface area contributed by atoms with E-state index in [2.05, 4.69) is 5.32 Å². The molecule has 0 atom stereocenters. The van der Waals surface area contributed by atoms with E-state index in [1.165, 1.54) is 12.1 Å². The highest BCUT2D eigenvalue weighted by Gasteiger charge is 2.34. The van der Waals surface area contributed by atoms with Gasteiger partial charge in [-0.3, -0.25) is 4.79 Å². The van der Waals surface area contributed by atoms with Crippen LogP contribution in [0.15, 0.2) is 71.6 Å². The molecular formula is C23H19ClF4N2O3S. The van der Waals surface area contributed by atoms with Gasteiger partial charge in [-0.05, 0) is 48.9 Å². The lowest BCUT2D eigenvalue weighted by molar-refractivity contribution is -0.140. The maximum absolute atomic E-state index is 13.5. The summed E-state index contributed by atoms with van der Waals surface area (Å²) in [5.74, 6) is -2.41. The van der Waals surface area contributed by atoms with Crippen molar-refractivity contribution in [3.8, 4) is 0 Å². The van der Waals surface area contributed by atoms with Crippen molar-refractivity contribution in [3.05, 3.63) is 94.3 Å². The number of halogens is 5. The Morgan fingerprint density at radius 2 is 1.68 bits per heavy atom. The summed E-state index contributed by atoms with van der Waals surface area (Å²) in [6, 6.07) is 14.4. The molecule has 0 spiro atoms. The van der Waals surface area contributed by atoms with E-state index in [9.17, 15) is 30.8 Å². The van der Waals surface area contributed by atoms with Gasteiger partial charge in [-0.1, -0.05) is 47.5 Å². The number of benzene rings is 3. The summed E-state index contributed by atoms with van der Waals surface area (Å²) in [4.78, 5) is 12.6. The van der Waals surface area contributed by atoms with Gasteiger partial charge < -0.3 is 5.32 Å². The molecular weight excluding hydrogens is 496 g/mol. The van der Waals surface area contributed by atoms with Crippen molar-refractivity contribution in [1.82, 2.24) is 4.31 Å². The van der Waals surface area contributed by atoms with Crippen LogP contribution in [0, 0.1) is 12.7 Å². The second-order valence-electron chi connectivity index (χ2n) is 7.42. The molecule has 0 heterocycles. The van der Waals surface area contributed by atoms with Gasteiger partial charge in [0.1, 0.15) is 5.82 Å². The van der Waals surface area contributed by atoms with Gasteiger partial charge in [0.2, 0.25) is 15.9 Å². The molecule has 11 heteroatoms. The van der Waals surface area contributed by atoms with Gasteiger partial charge in [-0.15, -0.1) is 0 Å². The quantitative estimate of drug-likeness (QED) is 0.415. The fourth-order valence-corrected chi connectivity index (χ4v) is 4.65. The normalized spacial score (nSPS) is 12.1. The zero-order valence-corrected chi connectivity index (χ0v) is 19.3. The van der Waals surface area contributed by atoms with Crippen LogP contribution in [0.5, 0.6) is 0 Å². The van der Waals surface area contributed by atoms with Crippen LogP contribution in [0.25, 0.3) is 0 Å². The average molecular weight is 515 g/mol. The van der Waals surface area contributed by atoms with Crippen molar-refractivity contribution < 1.29 is 30.8 Å². The van der Waals surface area contributed by atoms with Crippen LogP contribution < -0.4 is 5.32 Å². The van der Waals surface area contributed by atoms with Crippen molar-refractivity contribution >= 4 is 33.2 Å². The number of sulfonamides is 1. The topological polar surface area (TPSA) is 66.5 Å². The zero-order chi connectivity index (χ0) is 25.1. The van der Waals surface area contributed by atoms with E-state index in [1.54, 1.807) is 43.3 Å². The minimum absolute atomic E-state index is 0.0703. The molecule has 1 amide bonds. The Morgan fingerprint density at radius 3 is 2.29 bits per heavy atom. The molecule has 180 valence electrons. The first-order valence-corrected chi connectivity index (χ1v) is 11.7. The van der Waals surface area contributed by atoms with Crippen LogP contribution >= 0.6 is 11.6 Å². The Morgan fingerprint density at radius 1 is 1.03 bits per heavy atom. The van der Waals surface area contributed by atoms with E-state index < -0.39 is 40.0 Å². The zero-order valence-electron chi connectivity index (χ0n) is 17.7. The van der Waals surface area contributed by atoms with Gasteiger partial charge in [0, 0.05) is 17.3 Å². The summed E-state index contributed by atoms with van der Waals surface area (Å²) in [5.41, 5.74) is -0.630. The Bertz CT molecular complexity index is 1300. The number of anilines is 1. The molecule has 5 nitrogen and oxygen atoms in total. The van der Waals surface area contributed by atoms with Crippen LogP contribution in [0.1, 0.15) is 16.7 Å². The molecule has 3 aromatic rings. The van der Waals surface area contributed by atoms with Gasteiger partial charge in [0.05, 0.1) is 17.0 Å². The minimum Gasteiger partial charge on any atom is -0.325 e. The molecule has 0 aromatic heterocycles. The molecule has 0 radical (unpaired) electrons. The SMILES string of the molecule is Cc1ccc(S(=O)(=O)N(CC(=O)Nc2ccc(F)c(C(F)(F)F)c2)Cc2ccccc2Cl)cc1. The smallest absolute Gasteiger partial charge is 0.325 e. The summed E-state index contributed by atoms with van der Waals surface area (Å²) in [6.07, 6.45) is -4.96. The molecule has 0 aliphatic rings. The summed E-state index contributed by atoms with van der Waals surface area (Å²) in [6.45, 7) is 0.796. The molecule has 0 fully saturated rings. The number of carbonyl (C=O) groups excluding carboxylic acids is 1. The minimum atomic E-state index is -4.96. The summed E-state index contributed by atoms with van der Waals surface area (Å²) in [5, 5.41) is 2.48. The lowest BCUT2D eigenvalue weighted by Crippen LogP contribution is -2.37. The van der Waals surface area contributed by atoms with Crippen molar-refractivity contribution in [2.75, 3.05) is 11.9 Å². The maximum atomic E-state index is 13.5. The Balaban J connectivity index is 1.90. The molecule has 0 aliphatic carbocycles. The van der Waals surface area contributed by atoms with Crippen molar-refractivity contribution in [1.29, 1.82) is 0 Å². The molecule has 0 saturated carbocycles. The number of hydrogen-bond acceptors (Lipinski definition) is 3. The highest BCUT2D eigenvalue weighted by molar-refractivity contribution is 7.89. The standard InChI is InChI=1S/C23H19ClF4N2O3S/c1-15-6-9-18(10-7-15)34(32,33)30(13-16-4-2-3-5-20(16)24)14-22(31)29-17-8-11-21(25)19(12-17)23(26,27)28/h2-12H,13-14H2,1H3,(H,29,31). The van der Waals surface area contributed by atoms with Crippen LogP contribution in [0.3, 0.4) is 0 Å². The van der Waals surface area contributed by atoms with E-state index in [0.717, 1.165) is 15.9 Å². The third kappa shape index (κ3) is 6.13. The van der Waals surface area contributed by atoms with Gasteiger partial charge in [-0.25, -0.2) is 12.8 Å². The summed E-state index contributed by atoms with van der Waals surface area (Å²) < 4.78 is 79.9. The van der Waals surface area contributed by atoms with E-state index in [1.807, 2.05) is 0 Å². The lowest BCUT2D eigenvalue weighted by Gasteiger charge is -2.22. The number of amides is 1. The van der Waals surface area contributed by atoms with E-state index in [0.29, 0.717) is 17.7 Å². The van der Waals surface area contributed by atoms with Crippen molar-refractivity contribution in [2.45, 2.75) is 24.5 Å². The van der Waals surface area contributed by atoms with E-state index in [4.69, 9.17) is 11.6 Å². The molecule has 0 aliphatic heterocycles. The third-order valence-electron chi connectivity index (χ3n) is 4.84. The van der Waals surface area contributed by atoms with E-state index >= 15 is 0 Å². The molecule has 0 bridgehead atoms. The first kappa shape index (κ1) is 25.7. The Kier molecular flexibility index (Phi) is 7.64. The second-order valence-corrected chi connectivity index (χ2v) is 9.76. The average Bonchev–Trinajstić information content (AvgIpc) is 2.75. The fourth-order valence-electron chi connectivity index (χ4n) is 3.08.